The molecule has 0 radical (unpaired) electrons. The van der Waals surface area contributed by atoms with Crippen LogP contribution in [0.15, 0.2) is 12.2 Å². The summed E-state index contributed by atoms with van der Waals surface area (Å²) in [6, 6.07) is 0.0803. The van der Waals surface area contributed by atoms with Crippen molar-refractivity contribution >= 4 is 11.9 Å². The average Bonchev–Trinajstić information content (AvgIpc) is 2.99. The Labute approximate surface area is 157 Å². The normalized spacial score (nSPS) is 19.3. The monoisotopic (exact) mass is 363 g/mol. The number of carbonyl (C=O) groups excluding carboxylic acids is 2. The first kappa shape index (κ1) is 22.2. The minimum absolute atomic E-state index is 0.0803. The van der Waals surface area contributed by atoms with Crippen molar-refractivity contribution < 1.29 is 19.4 Å². The van der Waals surface area contributed by atoms with Gasteiger partial charge in [-0.05, 0) is 32.1 Å². The molecule has 0 aromatic rings. The van der Waals surface area contributed by atoms with Gasteiger partial charge in [-0.25, -0.2) is 0 Å². The van der Waals surface area contributed by atoms with Crippen LogP contribution < -0.4 is 0 Å². The third kappa shape index (κ3) is 8.05. The van der Waals surface area contributed by atoms with Gasteiger partial charge in [0.1, 0.15) is 0 Å². The molecule has 1 N–H and O–H groups in total. The Kier molecular flexibility index (Phi) is 10.7. The molecule has 0 aromatic heterocycles. The highest BCUT2D eigenvalue weighted by molar-refractivity contribution is 5.79. The Hall–Kier alpha value is -1.80. The van der Waals surface area contributed by atoms with Crippen molar-refractivity contribution in [3.05, 3.63) is 12.2 Å². The summed E-state index contributed by atoms with van der Waals surface area (Å²) in [5.41, 5.74) is 0. The smallest absolute Gasteiger partial charge is 0.305 e. The fraction of sp³-hybridized carbons (Fsp3) is 0.714. The summed E-state index contributed by atoms with van der Waals surface area (Å²) in [7, 11) is 1.41. The number of carbonyl (C=O) groups is 2. The Balaban J connectivity index is 2.36. The first-order chi connectivity index (χ1) is 12.5. The summed E-state index contributed by atoms with van der Waals surface area (Å²) in [6.07, 6.45) is 9.49. The molecule has 1 saturated heterocycles. The molecule has 1 aliphatic heterocycles. The first-order valence-corrected chi connectivity index (χ1v) is 9.61. The van der Waals surface area contributed by atoms with Crippen molar-refractivity contribution in [1.29, 1.82) is 0 Å². The SMILES string of the molecule is CC#CCC(C)[C@@H](O)/C=C/[C@H]1CCC(=O)N1CCCCCCC(=O)OC. The highest BCUT2D eigenvalue weighted by atomic mass is 16.5. The lowest BCUT2D eigenvalue weighted by Crippen LogP contribution is -2.33. The van der Waals surface area contributed by atoms with Crippen LogP contribution in [-0.2, 0) is 14.3 Å². The number of esters is 1. The maximum atomic E-state index is 12.1. The summed E-state index contributed by atoms with van der Waals surface area (Å²) in [4.78, 5) is 25.1. The number of aliphatic hydroxyl groups excluding tert-OH is 1. The number of hydrogen-bond acceptors (Lipinski definition) is 4. The van der Waals surface area contributed by atoms with Crippen LogP contribution in [0.1, 0.15) is 65.2 Å². The summed E-state index contributed by atoms with van der Waals surface area (Å²) in [6.45, 7) is 4.51. The van der Waals surface area contributed by atoms with Crippen molar-refractivity contribution in [3.63, 3.8) is 0 Å². The lowest BCUT2D eigenvalue weighted by molar-refractivity contribution is -0.140. The Morgan fingerprint density at radius 3 is 2.81 bits per heavy atom. The topological polar surface area (TPSA) is 66.8 Å². The fourth-order valence-electron chi connectivity index (χ4n) is 3.07. The molecule has 0 spiro atoms. The number of methoxy groups -OCH3 is 1. The third-order valence-corrected chi connectivity index (χ3v) is 4.85. The van der Waals surface area contributed by atoms with Crippen LogP contribution in [0.2, 0.25) is 0 Å². The largest absolute Gasteiger partial charge is 0.469 e. The van der Waals surface area contributed by atoms with Gasteiger partial charge in [-0.1, -0.05) is 31.9 Å². The van der Waals surface area contributed by atoms with E-state index in [1.54, 1.807) is 6.92 Å². The maximum Gasteiger partial charge on any atom is 0.305 e. The van der Waals surface area contributed by atoms with Crippen molar-refractivity contribution in [2.75, 3.05) is 13.7 Å². The van der Waals surface area contributed by atoms with Crippen LogP contribution in [-0.4, -0.2) is 47.7 Å². The number of nitrogens with zero attached hydrogens (tertiary/aromatic N) is 1. The lowest BCUT2D eigenvalue weighted by atomic mass is 10.00. The molecule has 1 rings (SSSR count). The molecule has 1 aliphatic rings. The molecule has 1 fully saturated rings. The standard InChI is InChI=1S/C21H33NO4/c1-4-5-10-17(2)19(23)14-12-18-13-15-20(24)22(18)16-9-7-6-8-11-21(25)26-3/h12,14,17-19,23H,6-11,13,15-16H2,1-3H3/b14-12+/t17?,18-,19-/m0/s1. The van der Waals surface area contributed by atoms with Gasteiger partial charge in [0.05, 0.1) is 19.3 Å². The van der Waals surface area contributed by atoms with Crippen LogP contribution in [0.3, 0.4) is 0 Å². The van der Waals surface area contributed by atoms with E-state index in [2.05, 4.69) is 16.6 Å². The minimum atomic E-state index is -0.535. The van der Waals surface area contributed by atoms with E-state index >= 15 is 0 Å². The van der Waals surface area contributed by atoms with Gasteiger partial charge in [0, 0.05) is 25.8 Å². The molecule has 5 nitrogen and oxygen atoms in total. The van der Waals surface area contributed by atoms with E-state index in [0.29, 0.717) is 19.3 Å². The second-order valence-electron chi connectivity index (χ2n) is 6.92. The fourth-order valence-corrected chi connectivity index (χ4v) is 3.07. The summed E-state index contributed by atoms with van der Waals surface area (Å²) >= 11 is 0. The quantitative estimate of drug-likeness (QED) is 0.265. The highest BCUT2D eigenvalue weighted by Gasteiger charge is 2.28. The number of hydrogen-bond donors (Lipinski definition) is 1. The zero-order chi connectivity index (χ0) is 19.4. The van der Waals surface area contributed by atoms with Crippen molar-refractivity contribution in [1.82, 2.24) is 4.90 Å². The second-order valence-corrected chi connectivity index (χ2v) is 6.92. The van der Waals surface area contributed by atoms with Crippen LogP contribution >= 0.6 is 0 Å². The second kappa shape index (κ2) is 12.5. The predicted octanol–water partition coefficient (Wildman–Crippen LogP) is 3.07. The Morgan fingerprint density at radius 2 is 2.12 bits per heavy atom. The summed E-state index contributed by atoms with van der Waals surface area (Å²) in [5.74, 6) is 5.94. The number of aliphatic hydroxyl groups is 1. The molecule has 1 heterocycles. The van der Waals surface area contributed by atoms with E-state index in [9.17, 15) is 14.7 Å². The number of amides is 1. The molecule has 1 unspecified atom stereocenters. The molecule has 146 valence electrons. The maximum absolute atomic E-state index is 12.1. The van der Waals surface area contributed by atoms with Crippen LogP contribution in [0, 0.1) is 17.8 Å². The number of likely N-dealkylation sites (tertiary alicyclic amines) is 1. The van der Waals surface area contributed by atoms with Gasteiger partial charge < -0.3 is 14.7 Å². The van der Waals surface area contributed by atoms with E-state index in [4.69, 9.17) is 0 Å². The van der Waals surface area contributed by atoms with Crippen molar-refractivity contribution in [2.45, 2.75) is 77.4 Å². The molecule has 0 bridgehead atoms. The molecule has 3 atom stereocenters. The van der Waals surface area contributed by atoms with E-state index in [0.717, 1.165) is 38.6 Å². The van der Waals surface area contributed by atoms with Crippen LogP contribution in [0.4, 0.5) is 0 Å². The number of ether oxygens (including phenoxy) is 1. The van der Waals surface area contributed by atoms with Crippen LogP contribution in [0.5, 0.6) is 0 Å². The Morgan fingerprint density at radius 1 is 1.38 bits per heavy atom. The molecular weight excluding hydrogens is 330 g/mol. The van der Waals surface area contributed by atoms with Gasteiger partial charge in [0.2, 0.25) is 5.91 Å². The molecule has 0 saturated carbocycles. The van der Waals surface area contributed by atoms with Gasteiger partial charge in [0.25, 0.3) is 0 Å². The Bertz CT molecular complexity index is 532. The predicted molar refractivity (Wildman–Crippen MR) is 102 cm³/mol. The zero-order valence-electron chi connectivity index (χ0n) is 16.4. The molecule has 1 amide bonds. The summed E-state index contributed by atoms with van der Waals surface area (Å²) < 4.78 is 4.62. The molecule has 0 aromatic carbocycles. The number of unbranched alkanes of at least 4 members (excludes halogenated alkanes) is 3. The van der Waals surface area contributed by atoms with Gasteiger partial charge in [-0.15, -0.1) is 11.8 Å². The van der Waals surface area contributed by atoms with Gasteiger partial charge in [-0.3, -0.25) is 9.59 Å². The first-order valence-electron chi connectivity index (χ1n) is 9.61. The van der Waals surface area contributed by atoms with Gasteiger partial charge in [-0.2, -0.15) is 0 Å². The molecule has 26 heavy (non-hydrogen) atoms. The van der Waals surface area contributed by atoms with E-state index < -0.39 is 6.10 Å². The average molecular weight is 363 g/mol. The molecule has 0 aliphatic carbocycles. The zero-order valence-corrected chi connectivity index (χ0v) is 16.4. The van der Waals surface area contributed by atoms with Gasteiger partial charge >= 0.3 is 5.97 Å². The van der Waals surface area contributed by atoms with E-state index in [1.165, 1.54) is 7.11 Å². The molecular formula is C21H33NO4. The lowest BCUT2D eigenvalue weighted by Gasteiger charge is -2.23. The van der Waals surface area contributed by atoms with Crippen molar-refractivity contribution in [3.8, 4) is 11.8 Å². The number of rotatable bonds is 11. The molecule has 5 heteroatoms. The van der Waals surface area contributed by atoms with Crippen LogP contribution in [0.25, 0.3) is 0 Å². The van der Waals surface area contributed by atoms with Gasteiger partial charge in [0.15, 0.2) is 0 Å². The summed E-state index contributed by atoms with van der Waals surface area (Å²) in [5, 5.41) is 10.2. The van der Waals surface area contributed by atoms with Crippen molar-refractivity contribution in [2.24, 2.45) is 5.92 Å². The highest BCUT2D eigenvalue weighted by Crippen LogP contribution is 2.21. The van der Waals surface area contributed by atoms with E-state index in [-0.39, 0.29) is 23.8 Å². The minimum Gasteiger partial charge on any atom is -0.469 e. The van der Waals surface area contributed by atoms with E-state index in [1.807, 2.05) is 24.0 Å². The third-order valence-electron chi connectivity index (χ3n) is 4.85.